The number of nitrogens with one attached hydrogen (secondary N) is 1. The number of carbonyl (C=O) groups excluding carboxylic acids is 1. The molecular formula is C15H20N2O4. The zero-order valence-electron chi connectivity index (χ0n) is 12.0. The van der Waals surface area contributed by atoms with E-state index in [0.29, 0.717) is 31.9 Å². The van der Waals surface area contributed by atoms with E-state index in [1.54, 1.807) is 17.0 Å². The van der Waals surface area contributed by atoms with Gasteiger partial charge in [0.1, 0.15) is 0 Å². The molecule has 6 nitrogen and oxygen atoms in total. The summed E-state index contributed by atoms with van der Waals surface area (Å²) in [6.07, 6.45) is 0.598. The van der Waals surface area contributed by atoms with Crippen molar-refractivity contribution in [3.05, 3.63) is 29.8 Å². The number of rotatable bonds is 4. The molecule has 1 saturated heterocycles. The lowest BCUT2D eigenvalue weighted by Crippen LogP contribution is -2.48. The van der Waals surface area contributed by atoms with Crippen LogP contribution >= 0.6 is 0 Å². The van der Waals surface area contributed by atoms with E-state index in [1.165, 1.54) is 0 Å². The number of aryl methyl sites for hydroxylation is 1. The van der Waals surface area contributed by atoms with Gasteiger partial charge < -0.3 is 20.1 Å². The monoisotopic (exact) mass is 292 g/mol. The Bertz CT molecular complexity index is 501. The van der Waals surface area contributed by atoms with E-state index in [4.69, 9.17) is 9.84 Å². The summed E-state index contributed by atoms with van der Waals surface area (Å²) < 4.78 is 5.30. The maximum absolute atomic E-state index is 12.2. The van der Waals surface area contributed by atoms with Gasteiger partial charge in [0, 0.05) is 18.7 Å². The summed E-state index contributed by atoms with van der Waals surface area (Å²) in [4.78, 5) is 24.4. The van der Waals surface area contributed by atoms with Gasteiger partial charge in [-0.05, 0) is 31.0 Å². The average molecular weight is 292 g/mol. The Morgan fingerprint density at radius 1 is 1.38 bits per heavy atom. The molecule has 1 aliphatic heterocycles. The topological polar surface area (TPSA) is 78.9 Å². The molecule has 0 radical (unpaired) electrons. The first-order valence-corrected chi connectivity index (χ1v) is 7.02. The molecule has 1 aromatic rings. The van der Waals surface area contributed by atoms with Crippen LogP contribution in [-0.2, 0) is 16.0 Å². The van der Waals surface area contributed by atoms with Crippen molar-refractivity contribution in [2.24, 2.45) is 0 Å². The highest BCUT2D eigenvalue weighted by molar-refractivity contribution is 5.89. The van der Waals surface area contributed by atoms with Crippen molar-refractivity contribution < 1.29 is 19.4 Å². The van der Waals surface area contributed by atoms with E-state index in [1.807, 2.05) is 19.1 Å². The summed E-state index contributed by atoms with van der Waals surface area (Å²) in [5.74, 6) is -0.811. The second-order valence-corrected chi connectivity index (χ2v) is 5.14. The summed E-state index contributed by atoms with van der Waals surface area (Å²) in [7, 11) is 0. The first-order chi connectivity index (χ1) is 10.1. The molecule has 2 amide bonds. The van der Waals surface area contributed by atoms with Crippen LogP contribution in [0.2, 0.25) is 0 Å². The van der Waals surface area contributed by atoms with Crippen LogP contribution in [0.4, 0.5) is 10.5 Å². The largest absolute Gasteiger partial charge is 0.481 e. The van der Waals surface area contributed by atoms with E-state index in [9.17, 15) is 9.59 Å². The van der Waals surface area contributed by atoms with Gasteiger partial charge in [-0.15, -0.1) is 0 Å². The van der Waals surface area contributed by atoms with E-state index < -0.39 is 5.97 Å². The van der Waals surface area contributed by atoms with E-state index in [-0.39, 0.29) is 18.5 Å². The molecule has 0 spiro atoms. The number of benzene rings is 1. The third-order valence-electron chi connectivity index (χ3n) is 3.46. The number of carbonyl (C=O) groups is 2. The molecule has 0 aromatic heterocycles. The number of urea groups is 1. The van der Waals surface area contributed by atoms with Crippen molar-refractivity contribution in [2.45, 2.75) is 25.8 Å². The van der Waals surface area contributed by atoms with E-state index >= 15 is 0 Å². The Morgan fingerprint density at radius 2 is 2.10 bits per heavy atom. The van der Waals surface area contributed by atoms with Crippen LogP contribution in [0.25, 0.3) is 0 Å². The number of carboxylic acid groups (broad SMARTS) is 1. The van der Waals surface area contributed by atoms with E-state index in [0.717, 1.165) is 5.56 Å². The molecule has 1 unspecified atom stereocenters. The number of aliphatic carboxylic acids is 1. The second-order valence-electron chi connectivity index (χ2n) is 5.14. The van der Waals surface area contributed by atoms with Crippen LogP contribution in [0.5, 0.6) is 0 Å². The van der Waals surface area contributed by atoms with Crippen LogP contribution < -0.4 is 5.32 Å². The molecule has 2 rings (SSSR count). The number of hydrogen-bond acceptors (Lipinski definition) is 3. The summed E-state index contributed by atoms with van der Waals surface area (Å²) in [5, 5.41) is 11.5. The highest BCUT2D eigenvalue weighted by Gasteiger charge is 2.23. The molecule has 0 aliphatic carbocycles. The summed E-state index contributed by atoms with van der Waals surface area (Å²) in [6.45, 7) is 3.66. The predicted molar refractivity (Wildman–Crippen MR) is 78.4 cm³/mol. The van der Waals surface area contributed by atoms with E-state index in [2.05, 4.69) is 5.32 Å². The number of amides is 2. The molecule has 114 valence electrons. The van der Waals surface area contributed by atoms with Crippen LogP contribution in [0.3, 0.4) is 0 Å². The molecule has 0 bridgehead atoms. The lowest BCUT2D eigenvalue weighted by atomic mass is 10.1. The van der Waals surface area contributed by atoms with Gasteiger partial charge in [0.15, 0.2) is 0 Å². The average Bonchev–Trinajstić information content (AvgIpc) is 2.47. The zero-order valence-corrected chi connectivity index (χ0v) is 12.0. The lowest BCUT2D eigenvalue weighted by molar-refractivity contribution is -0.136. The first kappa shape index (κ1) is 15.3. The van der Waals surface area contributed by atoms with Crippen LogP contribution in [-0.4, -0.2) is 47.8 Å². The number of carboxylic acids is 1. The van der Waals surface area contributed by atoms with Gasteiger partial charge in [-0.1, -0.05) is 12.1 Å². The fraction of sp³-hybridized carbons (Fsp3) is 0.467. The fourth-order valence-electron chi connectivity index (χ4n) is 2.23. The highest BCUT2D eigenvalue weighted by atomic mass is 16.5. The van der Waals surface area contributed by atoms with Gasteiger partial charge in [0.05, 0.1) is 19.3 Å². The molecular weight excluding hydrogens is 272 g/mol. The SMILES string of the molecule is CC1COCCN1C(=O)Nc1ccc(CCC(=O)O)cc1. The smallest absolute Gasteiger partial charge is 0.322 e. The van der Waals surface area contributed by atoms with Gasteiger partial charge in [-0.2, -0.15) is 0 Å². The van der Waals surface area contributed by atoms with Gasteiger partial charge in [-0.25, -0.2) is 4.79 Å². The Morgan fingerprint density at radius 3 is 2.71 bits per heavy atom. The number of nitrogens with zero attached hydrogens (tertiary/aromatic N) is 1. The first-order valence-electron chi connectivity index (χ1n) is 7.02. The highest BCUT2D eigenvalue weighted by Crippen LogP contribution is 2.14. The molecule has 0 saturated carbocycles. The Kier molecular flexibility index (Phi) is 5.16. The normalized spacial score (nSPS) is 18.3. The van der Waals surface area contributed by atoms with Gasteiger partial charge in [-0.3, -0.25) is 4.79 Å². The third-order valence-corrected chi connectivity index (χ3v) is 3.46. The Labute approximate surface area is 123 Å². The quantitative estimate of drug-likeness (QED) is 0.889. The summed E-state index contributed by atoms with van der Waals surface area (Å²) >= 11 is 0. The summed E-state index contributed by atoms with van der Waals surface area (Å²) in [6, 6.07) is 7.18. The van der Waals surface area contributed by atoms with Gasteiger partial charge in [0.25, 0.3) is 0 Å². The van der Waals surface area contributed by atoms with Gasteiger partial charge in [0.2, 0.25) is 0 Å². The van der Waals surface area contributed by atoms with Crippen molar-refractivity contribution in [2.75, 3.05) is 25.1 Å². The van der Waals surface area contributed by atoms with Crippen LogP contribution in [0.1, 0.15) is 18.9 Å². The van der Waals surface area contributed by atoms with Crippen molar-refractivity contribution >= 4 is 17.7 Å². The Balaban J connectivity index is 1.90. The minimum absolute atomic E-state index is 0.0635. The molecule has 1 heterocycles. The molecule has 1 aliphatic rings. The fourth-order valence-corrected chi connectivity index (χ4v) is 2.23. The van der Waals surface area contributed by atoms with Crippen molar-refractivity contribution in [1.29, 1.82) is 0 Å². The van der Waals surface area contributed by atoms with Crippen molar-refractivity contribution in [3.63, 3.8) is 0 Å². The van der Waals surface area contributed by atoms with Crippen LogP contribution in [0.15, 0.2) is 24.3 Å². The maximum Gasteiger partial charge on any atom is 0.322 e. The lowest BCUT2D eigenvalue weighted by Gasteiger charge is -2.33. The molecule has 1 atom stereocenters. The Hall–Kier alpha value is -2.08. The molecule has 1 aromatic carbocycles. The summed E-state index contributed by atoms with van der Waals surface area (Å²) in [5.41, 5.74) is 1.65. The van der Waals surface area contributed by atoms with Crippen LogP contribution in [0, 0.1) is 0 Å². The minimum atomic E-state index is -0.811. The molecule has 2 N–H and O–H groups in total. The second kappa shape index (κ2) is 7.08. The molecule has 1 fully saturated rings. The number of morpholine rings is 1. The standard InChI is InChI=1S/C15H20N2O4/c1-11-10-21-9-8-17(11)15(20)16-13-5-2-12(3-6-13)4-7-14(18)19/h2-3,5-6,11H,4,7-10H2,1H3,(H,16,20)(H,18,19). The molecule has 6 heteroatoms. The number of ether oxygens (including phenoxy) is 1. The maximum atomic E-state index is 12.2. The number of hydrogen-bond donors (Lipinski definition) is 2. The minimum Gasteiger partial charge on any atom is -0.481 e. The molecule has 21 heavy (non-hydrogen) atoms. The predicted octanol–water partition coefficient (Wildman–Crippen LogP) is 1.96. The van der Waals surface area contributed by atoms with Gasteiger partial charge >= 0.3 is 12.0 Å². The van der Waals surface area contributed by atoms with Crippen molar-refractivity contribution in [1.82, 2.24) is 4.90 Å². The number of anilines is 1. The third kappa shape index (κ3) is 4.46. The van der Waals surface area contributed by atoms with Crippen molar-refractivity contribution in [3.8, 4) is 0 Å². The zero-order chi connectivity index (χ0) is 15.2.